The van der Waals surface area contributed by atoms with Crippen molar-refractivity contribution in [1.82, 2.24) is 14.5 Å². The van der Waals surface area contributed by atoms with Crippen LogP contribution in [0, 0.1) is 6.92 Å². The molecule has 3 aromatic heterocycles. The standard InChI is InChI=1S/C30H30N4O7S2/c1-6-8-20-25(28(37)40-7-2)26(19-14-17(38-4)9-11-21(19)39-5)34-27(36)22(42-30(34)32-20)15-18-10-12-24(41-18)43-29-31-16(3)13-23(35)33-29/h9-15,26H,6-8H2,1-5H3,(H,31,33,35)/b22-15-/t26-/m0/s1. The van der Waals surface area contributed by atoms with Crippen LogP contribution < -0.4 is 29.9 Å². The van der Waals surface area contributed by atoms with Gasteiger partial charge in [-0.15, -0.1) is 0 Å². The summed E-state index contributed by atoms with van der Waals surface area (Å²) in [5.41, 5.74) is 1.38. The zero-order valence-electron chi connectivity index (χ0n) is 24.3. The van der Waals surface area contributed by atoms with E-state index in [1.54, 1.807) is 57.4 Å². The van der Waals surface area contributed by atoms with Crippen molar-refractivity contribution >= 4 is 35.1 Å². The van der Waals surface area contributed by atoms with Gasteiger partial charge in [-0.1, -0.05) is 24.7 Å². The molecule has 5 rings (SSSR count). The van der Waals surface area contributed by atoms with Crippen LogP contribution in [0.5, 0.6) is 11.5 Å². The van der Waals surface area contributed by atoms with Gasteiger partial charge in [0, 0.05) is 23.4 Å². The van der Waals surface area contributed by atoms with Gasteiger partial charge in [-0.05, 0) is 62.4 Å². The number of benzene rings is 1. The van der Waals surface area contributed by atoms with Crippen molar-refractivity contribution in [2.24, 2.45) is 4.99 Å². The van der Waals surface area contributed by atoms with Crippen LogP contribution in [-0.2, 0) is 9.53 Å². The first-order chi connectivity index (χ1) is 20.8. The molecule has 11 nitrogen and oxygen atoms in total. The minimum Gasteiger partial charge on any atom is -0.497 e. The number of nitrogens with one attached hydrogen (secondary N) is 1. The Hall–Kier alpha value is -4.36. The number of fused-ring (bicyclic) bond motifs is 1. The van der Waals surface area contributed by atoms with Gasteiger partial charge in [-0.2, -0.15) is 0 Å². The summed E-state index contributed by atoms with van der Waals surface area (Å²) in [6, 6.07) is 9.25. The molecule has 1 atom stereocenters. The molecule has 0 saturated carbocycles. The molecule has 1 aliphatic rings. The number of carbonyl (C=O) groups is 1. The number of thiazole rings is 1. The molecule has 4 heterocycles. The van der Waals surface area contributed by atoms with E-state index in [0.29, 0.717) is 60.2 Å². The topological polar surface area (TPSA) is 138 Å². The molecule has 4 aromatic rings. The van der Waals surface area contributed by atoms with Gasteiger partial charge < -0.3 is 23.6 Å². The van der Waals surface area contributed by atoms with Crippen molar-refractivity contribution in [1.29, 1.82) is 0 Å². The molecule has 0 saturated heterocycles. The highest BCUT2D eigenvalue weighted by Gasteiger charge is 2.36. The Balaban J connectivity index is 1.66. The summed E-state index contributed by atoms with van der Waals surface area (Å²) >= 11 is 2.36. The maximum absolute atomic E-state index is 14.1. The third-order valence-corrected chi connectivity index (χ3v) is 8.33. The number of aromatic nitrogens is 3. The Morgan fingerprint density at radius 2 is 1.98 bits per heavy atom. The molecular formula is C30H30N4O7S2. The van der Waals surface area contributed by atoms with Gasteiger partial charge in [0.1, 0.15) is 23.3 Å². The predicted molar refractivity (Wildman–Crippen MR) is 162 cm³/mol. The molecule has 43 heavy (non-hydrogen) atoms. The average Bonchev–Trinajstić information content (AvgIpc) is 3.54. The van der Waals surface area contributed by atoms with E-state index in [-0.39, 0.29) is 23.3 Å². The monoisotopic (exact) mass is 622 g/mol. The van der Waals surface area contributed by atoms with E-state index in [4.69, 9.17) is 23.6 Å². The second-order valence-electron chi connectivity index (χ2n) is 9.47. The molecule has 224 valence electrons. The summed E-state index contributed by atoms with van der Waals surface area (Å²) in [4.78, 5) is 51.5. The number of rotatable bonds is 10. The van der Waals surface area contributed by atoms with E-state index < -0.39 is 12.0 Å². The van der Waals surface area contributed by atoms with Crippen LogP contribution in [0.4, 0.5) is 0 Å². The minimum absolute atomic E-state index is 0.166. The Labute approximate surface area is 254 Å². The van der Waals surface area contributed by atoms with Crippen molar-refractivity contribution in [2.45, 2.75) is 49.9 Å². The Kier molecular flexibility index (Phi) is 9.02. The van der Waals surface area contributed by atoms with Gasteiger partial charge in [0.2, 0.25) is 0 Å². The second-order valence-corrected chi connectivity index (χ2v) is 11.5. The van der Waals surface area contributed by atoms with E-state index in [2.05, 4.69) is 9.97 Å². The van der Waals surface area contributed by atoms with Gasteiger partial charge in [-0.25, -0.2) is 14.8 Å². The number of carbonyl (C=O) groups excluding carboxylic acids is 1. The summed E-state index contributed by atoms with van der Waals surface area (Å²) in [6.45, 7) is 5.63. The number of allylic oxidation sites excluding steroid dienone is 1. The molecule has 0 bridgehead atoms. The third-order valence-electron chi connectivity index (χ3n) is 6.54. The van der Waals surface area contributed by atoms with Gasteiger partial charge in [-0.3, -0.25) is 14.2 Å². The molecule has 0 aliphatic carbocycles. The molecule has 1 N–H and O–H groups in total. The Morgan fingerprint density at radius 1 is 1.16 bits per heavy atom. The number of furan rings is 1. The zero-order chi connectivity index (χ0) is 30.7. The molecule has 0 fully saturated rings. The fourth-order valence-electron chi connectivity index (χ4n) is 4.76. The number of methoxy groups -OCH3 is 2. The van der Waals surface area contributed by atoms with Crippen molar-refractivity contribution in [3.05, 3.63) is 94.7 Å². The first-order valence-corrected chi connectivity index (χ1v) is 15.2. The average molecular weight is 623 g/mol. The highest BCUT2D eigenvalue weighted by Crippen LogP contribution is 2.38. The van der Waals surface area contributed by atoms with E-state index in [9.17, 15) is 14.4 Å². The van der Waals surface area contributed by atoms with Gasteiger partial charge >= 0.3 is 5.97 Å². The number of esters is 1. The van der Waals surface area contributed by atoms with Crippen molar-refractivity contribution in [3.63, 3.8) is 0 Å². The first kappa shape index (κ1) is 30.1. The smallest absolute Gasteiger partial charge is 0.338 e. The van der Waals surface area contributed by atoms with Gasteiger partial charge in [0.25, 0.3) is 11.1 Å². The molecule has 0 radical (unpaired) electrons. The lowest BCUT2D eigenvalue weighted by atomic mass is 9.93. The molecule has 1 aliphatic heterocycles. The minimum atomic E-state index is -0.865. The van der Waals surface area contributed by atoms with Gasteiger partial charge in [0.05, 0.1) is 36.6 Å². The Bertz CT molecular complexity index is 1950. The number of nitrogens with zero attached hydrogens (tertiary/aromatic N) is 3. The van der Waals surface area contributed by atoms with Crippen LogP contribution in [-0.4, -0.2) is 41.3 Å². The molecule has 1 aromatic carbocycles. The Morgan fingerprint density at radius 3 is 2.67 bits per heavy atom. The summed E-state index contributed by atoms with van der Waals surface area (Å²) in [6.07, 6.45) is 2.87. The lowest BCUT2D eigenvalue weighted by molar-refractivity contribution is -0.139. The molecule has 0 amide bonds. The summed E-state index contributed by atoms with van der Waals surface area (Å²) in [5, 5.41) is 0.883. The van der Waals surface area contributed by atoms with E-state index in [1.807, 2.05) is 6.92 Å². The lowest BCUT2D eigenvalue weighted by Crippen LogP contribution is -2.40. The van der Waals surface area contributed by atoms with Crippen molar-refractivity contribution in [2.75, 3.05) is 20.8 Å². The largest absolute Gasteiger partial charge is 0.497 e. The number of ether oxygens (including phenoxy) is 3. The number of hydrogen-bond acceptors (Lipinski definition) is 11. The normalized spacial score (nSPS) is 14.8. The SMILES string of the molecule is CCCC1=C(C(=O)OCC)[C@H](c2cc(OC)ccc2OC)n2c(s/c(=C\c3ccc(Sc4nc(C)cc(=O)[nH]4)o3)c2=O)=N1. The van der Waals surface area contributed by atoms with Crippen molar-refractivity contribution in [3.8, 4) is 11.5 Å². The number of aromatic amines is 1. The zero-order valence-corrected chi connectivity index (χ0v) is 25.9. The maximum atomic E-state index is 14.1. The van der Waals surface area contributed by atoms with Crippen LogP contribution in [0.2, 0.25) is 0 Å². The van der Waals surface area contributed by atoms with Crippen molar-refractivity contribution < 1.29 is 23.4 Å². The summed E-state index contributed by atoms with van der Waals surface area (Å²) < 4.78 is 24.4. The third kappa shape index (κ3) is 6.22. The summed E-state index contributed by atoms with van der Waals surface area (Å²) in [5.74, 6) is 0.904. The lowest BCUT2D eigenvalue weighted by Gasteiger charge is -2.27. The molecule has 13 heteroatoms. The number of aryl methyl sites for hydroxylation is 1. The van der Waals surface area contributed by atoms with Crippen LogP contribution in [0.1, 0.15) is 49.7 Å². The number of hydrogen-bond donors (Lipinski definition) is 1. The molecular weight excluding hydrogens is 592 g/mol. The number of H-pyrrole nitrogens is 1. The highest BCUT2D eigenvalue weighted by molar-refractivity contribution is 7.99. The van der Waals surface area contributed by atoms with E-state index in [1.165, 1.54) is 29.1 Å². The van der Waals surface area contributed by atoms with E-state index in [0.717, 1.165) is 18.2 Å². The fourth-order valence-corrected chi connectivity index (χ4v) is 6.57. The maximum Gasteiger partial charge on any atom is 0.338 e. The highest BCUT2D eigenvalue weighted by atomic mass is 32.2. The van der Waals surface area contributed by atoms with Crippen LogP contribution in [0.3, 0.4) is 0 Å². The van der Waals surface area contributed by atoms with Crippen LogP contribution in [0.15, 0.2) is 76.9 Å². The molecule has 0 unspecified atom stereocenters. The van der Waals surface area contributed by atoms with Crippen LogP contribution >= 0.6 is 23.1 Å². The first-order valence-electron chi connectivity index (χ1n) is 13.6. The van der Waals surface area contributed by atoms with Gasteiger partial charge in [0.15, 0.2) is 15.1 Å². The second kappa shape index (κ2) is 12.9. The van der Waals surface area contributed by atoms with E-state index >= 15 is 0 Å². The quantitative estimate of drug-likeness (QED) is 0.207. The van der Waals surface area contributed by atoms with Crippen LogP contribution in [0.25, 0.3) is 6.08 Å². The fraction of sp³-hybridized carbons (Fsp3) is 0.300. The summed E-state index contributed by atoms with van der Waals surface area (Å²) in [7, 11) is 3.08. The predicted octanol–water partition coefficient (Wildman–Crippen LogP) is 3.73. The molecule has 0 spiro atoms.